The van der Waals surface area contributed by atoms with Gasteiger partial charge in [0.05, 0.1) is 12.2 Å². The number of aliphatic hydroxyl groups excluding tert-OH is 2. The van der Waals surface area contributed by atoms with Crippen LogP contribution in [0.25, 0.3) is 10.8 Å². The summed E-state index contributed by atoms with van der Waals surface area (Å²) in [6.07, 6.45) is 0.390. The molecule has 0 amide bonds. The van der Waals surface area contributed by atoms with Crippen molar-refractivity contribution in [2.45, 2.75) is 12.2 Å². The molecule has 1 aromatic heterocycles. The van der Waals surface area contributed by atoms with E-state index in [1.54, 1.807) is 6.20 Å². The Morgan fingerprint density at radius 2 is 1.76 bits per heavy atom. The summed E-state index contributed by atoms with van der Waals surface area (Å²) in [5, 5.41) is 21.3. The summed E-state index contributed by atoms with van der Waals surface area (Å²) in [7, 11) is 0. The maximum Gasteiger partial charge on any atom is 0.136 e. The lowest BCUT2D eigenvalue weighted by atomic mass is 10.1. The molecular weight excluding hydrogens is 216 g/mol. The van der Waals surface area contributed by atoms with E-state index in [4.69, 9.17) is 0 Å². The molecule has 88 valence electrons. The van der Waals surface area contributed by atoms with E-state index < -0.39 is 12.2 Å². The highest BCUT2D eigenvalue weighted by atomic mass is 16.3. The number of hydrogen-bond donors (Lipinski definition) is 2. The average molecular weight is 230 g/mol. The number of nitrogens with zero attached hydrogens (tertiary/aromatic N) is 2. The Morgan fingerprint density at radius 3 is 2.53 bits per heavy atom. The van der Waals surface area contributed by atoms with Crippen LogP contribution in [-0.4, -0.2) is 40.5 Å². The van der Waals surface area contributed by atoms with Gasteiger partial charge in [-0.1, -0.05) is 24.3 Å². The summed E-state index contributed by atoms with van der Waals surface area (Å²) >= 11 is 0. The van der Waals surface area contributed by atoms with Crippen LogP contribution in [0.2, 0.25) is 0 Å². The zero-order chi connectivity index (χ0) is 11.8. The van der Waals surface area contributed by atoms with Crippen LogP contribution in [0.1, 0.15) is 0 Å². The van der Waals surface area contributed by atoms with E-state index in [1.807, 2.05) is 35.2 Å². The first kappa shape index (κ1) is 10.5. The molecule has 2 unspecified atom stereocenters. The van der Waals surface area contributed by atoms with Crippen LogP contribution in [0, 0.1) is 0 Å². The highest BCUT2D eigenvalue weighted by Gasteiger charge is 2.30. The van der Waals surface area contributed by atoms with Gasteiger partial charge in [-0.15, -0.1) is 0 Å². The van der Waals surface area contributed by atoms with Crippen molar-refractivity contribution in [3.05, 3.63) is 36.5 Å². The lowest BCUT2D eigenvalue weighted by Crippen LogP contribution is -2.22. The Balaban J connectivity index is 2.06. The summed E-state index contributed by atoms with van der Waals surface area (Å²) in [6, 6.07) is 9.95. The molecule has 2 N–H and O–H groups in total. The van der Waals surface area contributed by atoms with Gasteiger partial charge >= 0.3 is 0 Å². The molecule has 17 heavy (non-hydrogen) atoms. The summed E-state index contributed by atoms with van der Waals surface area (Å²) in [6.45, 7) is 0.865. The average Bonchev–Trinajstić information content (AvgIpc) is 2.69. The predicted molar refractivity (Wildman–Crippen MR) is 66.0 cm³/mol. The fraction of sp³-hybridized carbons (Fsp3) is 0.308. The minimum atomic E-state index is -0.684. The topological polar surface area (TPSA) is 56.6 Å². The maximum absolute atomic E-state index is 9.58. The molecule has 2 aromatic rings. The Bertz CT molecular complexity index is 528. The third-order valence-corrected chi connectivity index (χ3v) is 3.21. The van der Waals surface area contributed by atoms with Crippen molar-refractivity contribution in [2.75, 3.05) is 18.0 Å². The van der Waals surface area contributed by atoms with Crippen LogP contribution in [0.3, 0.4) is 0 Å². The Hall–Kier alpha value is -1.65. The Labute approximate surface area is 99.1 Å². The summed E-state index contributed by atoms with van der Waals surface area (Å²) in [5.74, 6) is 0.832. The first-order chi connectivity index (χ1) is 8.25. The van der Waals surface area contributed by atoms with E-state index in [0.717, 1.165) is 16.6 Å². The van der Waals surface area contributed by atoms with Crippen molar-refractivity contribution >= 4 is 16.6 Å². The van der Waals surface area contributed by atoms with Crippen molar-refractivity contribution in [2.24, 2.45) is 0 Å². The van der Waals surface area contributed by atoms with Crippen molar-refractivity contribution < 1.29 is 10.2 Å². The number of benzene rings is 1. The lowest BCUT2D eigenvalue weighted by Gasteiger charge is -2.18. The second-order valence-corrected chi connectivity index (χ2v) is 4.40. The van der Waals surface area contributed by atoms with Crippen LogP contribution in [-0.2, 0) is 0 Å². The van der Waals surface area contributed by atoms with Gasteiger partial charge in [-0.3, -0.25) is 0 Å². The Kier molecular flexibility index (Phi) is 2.46. The molecule has 0 saturated carbocycles. The lowest BCUT2D eigenvalue weighted by molar-refractivity contribution is 0.0572. The van der Waals surface area contributed by atoms with Crippen LogP contribution >= 0.6 is 0 Å². The zero-order valence-electron chi connectivity index (χ0n) is 9.32. The second kappa shape index (κ2) is 3.98. The SMILES string of the molecule is OC1CN(c2nccc3ccccc23)CC1O. The first-order valence-electron chi connectivity index (χ1n) is 5.70. The number of aliphatic hydroxyl groups is 2. The molecule has 0 aliphatic carbocycles. The standard InChI is InChI=1S/C13H14N2O2/c16-11-7-15(8-12(11)17)13-10-4-2-1-3-9(10)5-6-14-13/h1-6,11-12,16-17H,7-8H2. The molecule has 0 bridgehead atoms. The molecule has 1 fully saturated rings. The normalized spacial score (nSPS) is 24.5. The highest BCUT2D eigenvalue weighted by Crippen LogP contribution is 2.26. The number of pyridine rings is 1. The number of anilines is 1. The monoisotopic (exact) mass is 230 g/mol. The van der Waals surface area contributed by atoms with Gasteiger partial charge in [0.25, 0.3) is 0 Å². The van der Waals surface area contributed by atoms with Gasteiger partial charge in [0, 0.05) is 24.7 Å². The van der Waals surface area contributed by atoms with Gasteiger partial charge in [0.2, 0.25) is 0 Å². The number of rotatable bonds is 1. The van der Waals surface area contributed by atoms with Crippen LogP contribution < -0.4 is 4.90 Å². The predicted octanol–water partition coefficient (Wildman–Crippen LogP) is 0.777. The quantitative estimate of drug-likeness (QED) is 0.760. The molecule has 0 radical (unpaired) electrons. The minimum Gasteiger partial charge on any atom is -0.389 e. The van der Waals surface area contributed by atoms with E-state index in [-0.39, 0.29) is 0 Å². The molecule has 1 aliphatic rings. The van der Waals surface area contributed by atoms with E-state index >= 15 is 0 Å². The van der Waals surface area contributed by atoms with Gasteiger partial charge in [-0.25, -0.2) is 4.98 Å². The zero-order valence-corrected chi connectivity index (χ0v) is 9.32. The van der Waals surface area contributed by atoms with Crippen molar-refractivity contribution in [1.82, 2.24) is 4.98 Å². The number of hydrogen-bond acceptors (Lipinski definition) is 4. The smallest absolute Gasteiger partial charge is 0.136 e. The van der Waals surface area contributed by atoms with E-state index in [1.165, 1.54) is 0 Å². The Morgan fingerprint density at radius 1 is 1.06 bits per heavy atom. The minimum absolute atomic E-state index is 0.433. The van der Waals surface area contributed by atoms with Crippen LogP contribution in [0.4, 0.5) is 5.82 Å². The van der Waals surface area contributed by atoms with Crippen molar-refractivity contribution in [3.63, 3.8) is 0 Å². The fourth-order valence-electron chi connectivity index (χ4n) is 2.30. The third-order valence-electron chi connectivity index (χ3n) is 3.21. The molecule has 1 aliphatic heterocycles. The van der Waals surface area contributed by atoms with E-state index in [0.29, 0.717) is 13.1 Å². The second-order valence-electron chi connectivity index (χ2n) is 4.40. The molecule has 0 spiro atoms. The van der Waals surface area contributed by atoms with Gasteiger partial charge < -0.3 is 15.1 Å². The van der Waals surface area contributed by atoms with Gasteiger partial charge in [0.15, 0.2) is 0 Å². The summed E-state index contributed by atoms with van der Waals surface area (Å²) in [4.78, 5) is 6.29. The van der Waals surface area contributed by atoms with Gasteiger partial charge in [0.1, 0.15) is 5.82 Å². The van der Waals surface area contributed by atoms with E-state index in [9.17, 15) is 10.2 Å². The largest absolute Gasteiger partial charge is 0.389 e. The van der Waals surface area contributed by atoms with E-state index in [2.05, 4.69) is 4.98 Å². The third kappa shape index (κ3) is 1.75. The highest BCUT2D eigenvalue weighted by molar-refractivity contribution is 5.92. The molecular formula is C13H14N2O2. The van der Waals surface area contributed by atoms with Crippen LogP contribution in [0.5, 0.6) is 0 Å². The fourth-order valence-corrected chi connectivity index (χ4v) is 2.30. The number of β-amino-alcohol motifs (C(OH)–C–C–N with tert-alkyl or cyclic N) is 2. The molecule has 1 aromatic carbocycles. The summed E-state index contributed by atoms with van der Waals surface area (Å²) < 4.78 is 0. The first-order valence-corrected chi connectivity index (χ1v) is 5.70. The number of fused-ring (bicyclic) bond motifs is 1. The molecule has 3 rings (SSSR count). The summed E-state index contributed by atoms with van der Waals surface area (Å²) in [5.41, 5.74) is 0. The van der Waals surface area contributed by atoms with Crippen LogP contribution in [0.15, 0.2) is 36.5 Å². The molecule has 4 nitrogen and oxygen atoms in total. The van der Waals surface area contributed by atoms with Gasteiger partial charge in [-0.05, 0) is 11.5 Å². The maximum atomic E-state index is 9.58. The molecule has 2 heterocycles. The van der Waals surface area contributed by atoms with Crippen molar-refractivity contribution in [3.8, 4) is 0 Å². The molecule has 1 saturated heterocycles. The molecule has 2 atom stereocenters. The van der Waals surface area contributed by atoms with Crippen molar-refractivity contribution in [1.29, 1.82) is 0 Å². The number of aromatic nitrogens is 1. The van der Waals surface area contributed by atoms with Gasteiger partial charge in [-0.2, -0.15) is 0 Å². The molecule has 4 heteroatoms.